The molecule has 0 aliphatic rings. The maximum absolute atomic E-state index is 5.89. The molecule has 0 atom stereocenters. The third-order valence-electron chi connectivity index (χ3n) is 4.19. The van der Waals surface area contributed by atoms with Crippen molar-refractivity contribution in [3.05, 3.63) is 99.2 Å². The summed E-state index contributed by atoms with van der Waals surface area (Å²) in [6.45, 7) is 0.514. The average molecular weight is 465 g/mol. The lowest BCUT2D eigenvalue weighted by atomic mass is 10.2. The van der Waals surface area contributed by atoms with Crippen LogP contribution in [-0.2, 0) is 6.61 Å². The molecule has 1 N–H and O–H groups in total. The molecule has 0 amide bonds. The van der Waals surface area contributed by atoms with Crippen LogP contribution < -0.4 is 4.74 Å². The second-order valence-corrected chi connectivity index (χ2v) is 7.48. The van der Waals surface area contributed by atoms with Crippen molar-refractivity contribution < 1.29 is 4.74 Å². The van der Waals surface area contributed by atoms with Gasteiger partial charge < -0.3 is 4.74 Å². The second-order valence-electron chi connectivity index (χ2n) is 6.24. The zero-order chi connectivity index (χ0) is 20.1. The van der Waals surface area contributed by atoms with Gasteiger partial charge in [-0.2, -0.15) is 14.9 Å². The topological polar surface area (TPSA) is 55.2 Å². The summed E-state index contributed by atoms with van der Waals surface area (Å²) in [5.74, 6) is 1.41. The number of aromatic nitrogens is 3. The van der Waals surface area contributed by atoms with Crippen LogP contribution in [-0.4, -0.2) is 21.1 Å². The average Bonchev–Trinajstić information content (AvgIpc) is 3.12. The summed E-state index contributed by atoms with van der Waals surface area (Å²) in [6.07, 6.45) is 1.74. The quantitative estimate of drug-likeness (QED) is 0.288. The van der Waals surface area contributed by atoms with Crippen molar-refractivity contribution >= 4 is 34.4 Å². The van der Waals surface area contributed by atoms with Gasteiger partial charge in [0.25, 0.3) is 0 Å². The van der Waals surface area contributed by atoms with Crippen molar-refractivity contribution in [2.24, 2.45) is 5.10 Å². The Morgan fingerprint density at radius 3 is 2.66 bits per heavy atom. The highest BCUT2D eigenvalue weighted by Crippen LogP contribution is 2.26. The summed E-state index contributed by atoms with van der Waals surface area (Å²) in [5.41, 5.74) is 2.92. The number of hydrogen-bond acceptors (Lipinski definition) is 4. The van der Waals surface area contributed by atoms with Crippen molar-refractivity contribution in [1.82, 2.24) is 14.9 Å². The van der Waals surface area contributed by atoms with Crippen LogP contribution in [0.5, 0.6) is 5.75 Å². The van der Waals surface area contributed by atoms with E-state index in [9.17, 15) is 0 Å². The fraction of sp³-hybridized carbons (Fsp3) is 0.0455. The van der Waals surface area contributed by atoms with Gasteiger partial charge in [-0.1, -0.05) is 70.5 Å². The summed E-state index contributed by atoms with van der Waals surface area (Å²) >= 11 is 8.89. The molecule has 5 nitrogen and oxygen atoms in total. The number of aromatic amines is 1. The SMILES string of the molecule is S=c1[nH]nc(-c2ccccc2Br)n1/N=C/c1cccc(OCc2ccccc2)c1. The predicted molar refractivity (Wildman–Crippen MR) is 121 cm³/mol. The zero-order valence-electron chi connectivity index (χ0n) is 15.3. The number of rotatable bonds is 6. The van der Waals surface area contributed by atoms with Gasteiger partial charge in [-0.15, -0.1) is 0 Å². The Bertz CT molecular complexity index is 1200. The number of nitrogens with zero attached hydrogens (tertiary/aromatic N) is 3. The van der Waals surface area contributed by atoms with Crippen LogP contribution in [0.3, 0.4) is 0 Å². The van der Waals surface area contributed by atoms with Crippen molar-refractivity contribution in [2.45, 2.75) is 6.61 Å². The zero-order valence-corrected chi connectivity index (χ0v) is 17.7. The number of nitrogens with one attached hydrogen (secondary N) is 1. The maximum atomic E-state index is 5.89. The van der Waals surface area contributed by atoms with Gasteiger partial charge in [0.05, 0.1) is 6.21 Å². The van der Waals surface area contributed by atoms with Crippen molar-refractivity contribution in [1.29, 1.82) is 0 Å². The van der Waals surface area contributed by atoms with Gasteiger partial charge >= 0.3 is 0 Å². The molecule has 0 unspecified atom stereocenters. The van der Waals surface area contributed by atoms with Crippen LogP contribution >= 0.6 is 28.1 Å². The van der Waals surface area contributed by atoms with Crippen molar-refractivity contribution in [3.63, 3.8) is 0 Å². The molecule has 7 heteroatoms. The van der Waals surface area contributed by atoms with Gasteiger partial charge in [-0.05, 0) is 47.6 Å². The molecule has 0 aliphatic heterocycles. The Morgan fingerprint density at radius 2 is 1.83 bits per heavy atom. The minimum Gasteiger partial charge on any atom is -0.489 e. The fourth-order valence-corrected chi connectivity index (χ4v) is 3.41. The van der Waals surface area contributed by atoms with Gasteiger partial charge in [-0.25, -0.2) is 5.10 Å². The molecule has 144 valence electrons. The van der Waals surface area contributed by atoms with Crippen LogP contribution in [0.1, 0.15) is 11.1 Å². The molecule has 0 radical (unpaired) electrons. The lowest BCUT2D eigenvalue weighted by Gasteiger charge is -2.07. The summed E-state index contributed by atoms with van der Waals surface area (Å²) in [4.78, 5) is 0. The van der Waals surface area contributed by atoms with E-state index in [0.717, 1.165) is 26.9 Å². The van der Waals surface area contributed by atoms with E-state index in [1.54, 1.807) is 10.9 Å². The number of H-pyrrole nitrogens is 1. The van der Waals surface area contributed by atoms with Crippen LogP contribution in [0, 0.1) is 4.77 Å². The molecular formula is C22H17BrN4OS. The molecule has 0 saturated carbocycles. The number of benzene rings is 3. The molecule has 0 bridgehead atoms. The minimum atomic E-state index is 0.420. The van der Waals surface area contributed by atoms with E-state index >= 15 is 0 Å². The van der Waals surface area contributed by atoms with Gasteiger partial charge in [0.2, 0.25) is 4.77 Å². The van der Waals surface area contributed by atoms with Gasteiger partial charge in [0.1, 0.15) is 12.4 Å². The first-order chi connectivity index (χ1) is 14.2. The molecule has 29 heavy (non-hydrogen) atoms. The highest BCUT2D eigenvalue weighted by Gasteiger charge is 2.10. The summed E-state index contributed by atoms with van der Waals surface area (Å²) in [5, 5.41) is 11.7. The molecule has 0 aliphatic carbocycles. The van der Waals surface area contributed by atoms with Crippen molar-refractivity contribution in [3.8, 4) is 17.1 Å². The number of halogens is 1. The highest BCUT2D eigenvalue weighted by molar-refractivity contribution is 9.10. The lowest BCUT2D eigenvalue weighted by Crippen LogP contribution is -1.97. The van der Waals surface area contributed by atoms with Gasteiger partial charge in [0, 0.05) is 10.0 Å². The molecule has 0 fully saturated rings. The molecule has 3 aromatic carbocycles. The van der Waals surface area contributed by atoms with E-state index < -0.39 is 0 Å². The van der Waals surface area contributed by atoms with E-state index in [4.69, 9.17) is 17.0 Å². The molecule has 1 aromatic heterocycles. The molecule has 1 heterocycles. The second kappa shape index (κ2) is 8.98. The Labute approximate surface area is 181 Å². The van der Waals surface area contributed by atoms with E-state index in [0.29, 0.717) is 17.2 Å². The standard InChI is InChI=1S/C22H17BrN4OS/c23-20-12-5-4-11-19(20)21-25-26-22(29)27(21)24-14-17-9-6-10-18(13-17)28-15-16-7-2-1-3-8-16/h1-14H,15H2,(H,26,29)/b24-14+. The first-order valence-corrected chi connectivity index (χ1v) is 10.1. The normalized spacial score (nSPS) is 11.1. The predicted octanol–water partition coefficient (Wildman–Crippen LogP) is 5.83. The Morgan fingerprint density at radius 1 is 1.03 bits per heavy atom. The van der Waals surface area contributed by atoms with Crippen LogP contribution in [0.2, 0.25) is 0 Å². The largest absolute Gasteiger partial charge is 0.489 e. The summed E-state index contributed by atoms with van der Waals surface area (Å²) < 4.78 is 8.83. The van der Waals surface area contributed by atoms with Crippen molar-refractivity contribution in [2.75, 3.05) is 0 Å². The number of hydrogen-bond donors (Lipinski definition) is 1. The third-order valence-corrected chi connectivity index (χ3v) is 5.15. The van der Waals surface area contributed by atoms with Crippen LogP contribution in [0.15, 0.2) is 88.4 Å². The first-order valence-electron chi connectivity index (χ1n) is 8.94. The molecule has 4 rings (SSSR count). The van der Waals surface area contributed by atoms with E-state index in [1.807, 2.05) is 78.9 Å². The maximum Gasteiger partial charge on any atom is 0.216 e. The van der Waals surface area contributed by atoms with Crippen LogP contribution in [0.4, 0.5) is 0 Å². The molecule has 0 saturated heterocycles. The monoisotopic (exact) mass is 464 g/mol. The third kappa shape index (κ3) is 4.70. The van der Waals surface area contributed by atoms with E-state index in [2.05, 4.69) is 31.2 Å². The van der Waals surface area contributed by atoms with Gasteiger partial charge in [-0.3, -0.25) is 0 Å². The van der Waals surface area contributed by atoms with Crippen LogP contribution in [0.25, 0.3) is 11.4 Å². The molecular weight excluding hydrogens is 448 g/mol. The van der Waals surface area contributed by atoms with E-state index in [1.165, 1.54) is 0 Å². The smallest absolute Gasteiger partial charge is 0.216 e. The summed E-state index contributed by atoms with van der Waals surface area (Å²) in [6, 6.07) is 25.6. The van der Waals surface area contributed by atoms with E-state index in [-0.39, 0.29) is 0 Å². The fourth-order valence-electron chi connectivity index (χ4n) is 2.77. The first kappa shape index (κ1) is 19.3. The minimum absolute atomic E-state index is 0.420. The summed E-state index contributed by atoms with van der Waals surface area (Å²) in [7, 11) is 0. The molecule has 4 aromatic rings. The Balaban J connectivity index is 1.55. The lowest BCUT2D eigenvalue weighted by molar-refractivity contribution is 0.306. The Kier molecular flexibility index (Phi) is 5.97. The Hall–Kier alpha value is -3.03. The molecule has 0 spiro atoms. The number of ether oxygens (including phenoxy) is 1. The highest BCUT2D eigenvalue weighted by atomic mass is 79.9. The van der Waals surface area contributed by atoms with Gasteiger partial charge in [0.15, 0.2) is 5.82 Å².